The molecule has 11 heteroatoms. The number of esters is 1. The molecule has 2 aromatic rings. The summed E-state index contributed by atoms with van der Waals surface area (Å²) >= 11 is 0. The van der Waals surface area contributed by atoms with Crippen LogP contribution < -0.4 is 15.2 Å². The molecule has 2 aromatic carbocycles. The van der Waals surface area contributed by atoms with Crippen molar-refractivity contribution in [3.8, 4) is 5.75 Å². The Balaban J connectivity index is 1.95. The first kappa shape index (κ1) is 21.3. The standard InChI is InChI=1S/C17H16F2N2O6S/c1-10-2-3-11(8-14(10)28(20,24)25)16(23)26-9-15(22)21-12-4-6-13(7-5-12)27-17(18)19/h2-8,17H,9H2,1H3,(H,21,22)(H2,20,24,25). The van der Waals surface area contributed by atoms with E-state index in [4.69, 9.17) is 9.88 Å². The molecule has 0 aliphatic rings. The maximum absolute atomic E-state index is 12.1. The van der Waals surface area contributed by atoms with E-state index in [1.807, 2.05) is 0 Å². The first-order chi connectivity index (χ1) is 13.1. The van der Waals surface area contributed by atoms with Crippen LogP contribution in [0.15, 0.2) is 47.4 Å². The van der Waals surface area contributed by atoms with Crippen molar-refractivity contribution in [1.29, 1.82) is 0 Å². The van der Waals surface area contributed by atoms with Crippen LogP contribution >= 0.6 is 0 Å². The number of sulfonamides is 1. The molecule has 0 spiro atoms. The molecule has 28 heavy (non-hydrogen) atoms. The number of primary sulfonamides is 1. The summed E-state index contributed by atoms with van der Waals surface area (Å²) in [7, 11) is -4.02. The number of halogens is 2. The molecule has 2 rings (SSSR count). The van der Waals surface area contributed by atoms with Crippen molar-refractivity contribution < 1.29 is 36.3 Å². The van der Waals surface area contributed by atoms with Gasteiger partial charge in [-0.25, -0.2) is 18.4 Å². The Morgan fingerprint density at radius 1 is 1.14 bits per heavy atom. The lowest BCUT2D eigenvalue weighted by atomic mass is 10.1. The van der Waals surface area contributed by atoms with Gasteiger partial charge in [-0.3, -0.25) is 4.79 Å². The number of ether oxygens (including phenoxy) is 2. The number of aryl methyl sites for hydroxylation is 1. The van der Waals surface area contributed by atoms with E-state index in [0.717, 1.165) is 6.07 Å². The summed E-state index contributed by atoms with van der Waals surface area (Å²) in [6, 6.07) is 8.91. The molecule has 0 unspecified atom stereocenters. The van der Waals surface area contributed by atoms with Gasteiger partial charge in [-0.15, -0.1) is 0 Å². The SMILES string of the molecule is Cc1ccc(C(=O)OCC(=O)Nc2ccc(OC(F)F)cc2)cc1S(N)(=O)=O. The third kappa shape index (κ3) is 5.99. The number of hydrogen-bond donors (Lipinski definition) is 2. The molecule has 0 fully saturated rings. The smallest absolute Gasteiger partial charge is 0.387 e. The van der Waals surface area contributed by atoms with E-state index in [1.165, 1.54) is 43.3 Å². The monoisotopic (exact) mass is 414 g/mol. The van der Waals surface area contributed by atoms with Gasteiger partial charge in [0.05, 0.1) is 10.5 Å². The average molecular weight is 414 g/mol. The van der Waals surface area contributed by atoms with E-state index in [0.29, 0.717) is 5.56 Å². The molecule has 0 saturated carbocycles. The molecule has 0 aromatic heterocycles. The van der Waals surface area contributed by atoms with E-state index < -0.39 is 35.1 Å². The van der Waals surface area contributed by atoms with Crippen LogP contribution in [0.2, 0.25) is 0 Å². The molecule has 0 heterocycles. The van der Waals surface area contributed by atoms with E-state index in [9.17, 15) is 26.8 Å². The van der Waals surface area contributed by atoms with E-state index in [-0.39, 0.29) is 21.9 Å². The topological polar surface area (TPSA) is 125 Å². The fourth-order valence-corrected chi connectivity index (χ4v) is 2.97. The maximum atomic E-state index is 12.1. The number of nitrogens with two attached hydrogens (primary N) is 1. The molecule has 1 amide bonds. The van der Waals surface area contributed by atoms with Crippen LogP contribution in [-0.4, -0.2) is 33.5 Å². The third-order valence-corrected chi connectivity index (χ3v) is 4.48. The number of amides is 1. The van der Waals surface area contributed by atoms with Crippen LogP contribution in [0.3, 0.4) is 0 Å². The van der Waals surface area contributed by atoms with Crippen molar-refractivity contribution in [2.24, 2.45) is 5.14 Å². The Kier molecular flexibility index (Phi) is 6.65. The molecular weight excluding hydrogens is 398 g/mol. The molecule has 0 aliphatic heterocycles. The van der Waals surface area contributed by atoms with Gasteiger partial charge >= 0.3 is 12.6 Å². The largest absolute Gasteiger partial charge is 0.452 e. The highest BCUT2D eigenvalue weighted by Gasteiger charge is 2.17. The number of carbonyl (C=O) groups is 2. The summed E-state index contributed by atoms with van der Waals surface area (Å²) in [5.74, 6) is -1.68. The molecule has 3 N–H and O–H groups in total. The molecule has 0 saturated heterocycles. The number of nitrogens with one attached hydrogen (secondary N) is 1. The van der Waals surface area contributed by atoms with Gasteiger partial charge in [0.2, 0.25) is 10.0 Å². The molecule has 0 bridgehead atoms. The zero-order valence-electron chi connectivity index (χ0n) is 14.5. The number of rotatable bonds is 7. The molecule has 0 aliphatic carbocycles. The van der Waals surface area contributed by atoms with Crippen LogP contribution in [0.4, 0.5) is 14.5 Å². The minimum absolute atomic E-state index is 0.0792. The quantitative estimate of drug-likeness (QED) is 0.668. The van der Waals surface area contributed by atoms with E-state index >= 15 is 0 Å². The van der Waals surface area contributed by atoms with Crippen LogP contribution in [0.25, 0.3) is 0 Å². The second-order valence-electron chi connectivity index (χ2n) is 5.55. The van der Waals surface area contributed by atoms with Crippen molar-refractivity contribution >= 4 is 27.6 Å². The second kappa shape index (κ2) is 8.76. The molecule has 150 valence electrons. The van der Waals surface area contributed by atoms with Gasteiger partial charge in [0.1, 0.15) is 5.75 Å². The second-order valence-corrected chi connectivity index (χ2v) is 7.08. The van der Waals surface area contributed by atoms with Crippen molar-refractivity contribution in [2.45, 2.75) is 18.4 Å². The number of anilines is 1. The lowest BCUT2D eigenvalue weighted by Crippen LogP contribution is -2.21. The highest BCUT2D eigenvalue weighted by molar-refractivity contribution is 7.89. The van der Waals surface area contributed by atoms with Gasteiger partial charge in [-0.1, -0.05) is 6.07 Å². The van der Waals surface area contributed by atoms with Gasteiger partial charge in [0, 0.05) is 5.69 Å². The highest BCUT2D eigenvalue weighted by atomic mass is 32.2. The Hall–Kier alpha value is -3.05. The van der Waals surface area contributed by atoms with Crippen LogP contribution in [0.5, 0.6) is 5.75 Å². The summed E-state index contributed by atoms with van der Waals surface area (Å²) in [6.45, 7) is -2.09. The normalized spacial score (nSPS) is 11.2. The zero-order valence-corrected chi connectivity index (χ0v) is 15.3. The number of carbonyl (C=O) groups excluding carboxylic acids is 2. The fourth-order valence-electron chi connectivity index (χ4n) is 2.16. The van der Waals surface area contributed by atoms with Crippen LogP contribution in [0.1, 0.15) is 15.9 Å². The molecule has 8 nitrogen and oxygen atoms in total. The average Bonchev–Trinajstić information content (AvgIpc) is 2.60. The Morgan fingerprint density at radius 3 is 2.36 bits per heavy atom. The molecule has 0 radical (unpaired) electrons. The maximum Gasteiger partial charge on any atom is 0.387 e. The third-order valence-electron chi connectivity index (χ3n) is 3.43. The first-order valence-electron chi connectivity index (χ1n) is 7.71. The summed E-state index contributed by atoms with van der Waals surface area (Å²) in [6.07, 6.45) is 0. The van der Waals surface area contributed by atoms with E-state index in [2.05, 4.69) is 10.1 Å². The van der Waals surface area contributed by atoms with Crippen LogP contribution in [0, 0.1) is 6.92 Å². The summed E-state index contributed by atoms with van der Waals surface area (Å²) in [5.41, 5.74) is 0.543. The summed E-state index contributed by atoms with van der Waals surface area (Å²) < 4.78 is 56.2. The van der Waals surface area contributed by atoms with Crippen molar-refractivity contribution in [2.75, 3.05) is 11.9 Å². The van der Waals surface area contributed by atoms with Gasteiger partial charge in [0.15, 0.2) is 6.61 Å². The predicted octanol–water partition coefficient (Wildman–Crippen LogP) is 2.04. The van der Waals surface area contributed by atoms with Gasteiger partial charge in [0.25, 0.3) is 5.91 Å². The predicted molar refractivity (Wildman–Crippen MR) is 94.5 cm³/mol. The number of alkyl halides is 2. The minimum atomic E-state index is -4.02. The van der Waals surface area contributed by atoms with E-state index in [1.54, 1.807) is 0 Å². The lowest BCUT2D eigenvalue weighted by Gasteiger charge is -2.09. The molecule has 0 atom stereocenters. The van der Waals surface area contributed by atoms with Crippen molar-refractivity contribution in [3.05, 3.63) is 53.6 Å². The van der Waals surface area contributed by atoms with Crippen LogP contribution in [-0.2, 0) is 19.6 Å². The van der Waals surface area contributed by atoms with Gasteiger partial charge in [-0.05, 0) is 48.9 Å². The Morgan fingerprint density at radius 2 is 1.79 bits per heavy atom. The lowest BCUT2D eigenvalue weighted by molar-refractivity contribution is -0.119. The molecular formula is C17H16F2N2O6S. The summed E-state index contributed by atoms with van der Waals surface area (Å²) in [4.78, 5) is 23.6. The fraction of sp³-hybridized carbons (Fsp3) is 0.176. The minimum Gasteiger partial charge on any atom is -0.452 e. The number of benzene rings is 2. The van der Waals surface area contributed by atoms with Crippen molar-refractivity contribution in [3.63, 3.8) is 0 Å². The zero-order chi connectivity index (χ0) is 20.9. The first-order valence-corrected chi connectivity index (χ1v) is 9.26. The van der Waals surface area contributed by atoms with Gasteiger partial charge < -0.3 is 14.8 Å². The van der Waals surface area contributed by atoms with Gasteiger partial charge in [-0.2, -0.15) is 8.78 Å². The van der Waals surface area contributed by atoms with Crippen molar-refractivity contribution in [1.82, 2.24) is 0 Å². The summed E-state index contributed by atoms with van der Waals surface area (Å²) in [5, 5.41) is 7.48. The highest BCUT2D eigenvalue weighted by Crippen LogP contribution is 2.18. The number of hydrogen-bond acceptors (Lipinski definition) is 6. The Bertz CT molecular complexity index is 978. The Labute approximate surface area is 159 Å².